The van der Waals surface area contributed by atoms with Crippen LogP contribution in [-0.2, 0) is 22.6 Å². The first-order valence-corrected chi connectivity index (χ1v) is 9.52. The number of hydrogen-bond acceptors (Lipinski definition) is 4. The number of amides is 1. The lowest BCUT2D eigenvalue weighted by molar-refractivity contribution is -0.133. The third-order valence-corrected chi connectivity index (χ3v) is 4.77. The van der Waals surface area contributed by atoms with Crippen molar-refractivity contribution in [2.24, 2.45) is 0 Å². The molecule has 1 amide bonds. The van der Waals surface area contributed by atoms with Gasteiger partial charge in [-0.05, 0) is 30.8 Å². The van der Waals surface area contributed by atoms with Crippen molar-refractivity contribution in [3.8, 4) is 11.4 Å². The summed E-state index contributed by atoms with van der Waals surface area (Å²) in [5.74, 6) is 0.626. The van der Waals surface area contributed by atoms with Gasteiger partial charge in [0.15, 0.2) is 10.6 Å². The van der Waals surface area contributed by atoms with Crippen molar-refractivity contribution >= 4 is 18.1 Å². The topological polar surface area (TPSA) is 63.1 Å². The quantitative estimate of drug-likeness (QED) is 0.591. The first-order valence-electron chi connectivity index (χ1n) is 9.11. The largest absolute Gasteiger partial charge is 0.383 e. The van der Waals surface area contributed by atoms with Crippen molar-refractivity contribution in [1.29, 1.82) is 0 Å². The Bertz CT molecular complexity index is 981. The zero-order valence-electron chi connectivity index (χ0n) is 16.1. The molecule has 0 unspecified atom stereocenters. The fourth-order valence-corrected chi connectivity index (χ4v) is 3.20. The van der Waals surface area contributed by atoms with Crippen LogP contribution in [0.25, 0.3) is 11.4 Å². The highest BCUT2D eigenvalue weighted by Gasteiger charge is 2.18. The number of nitrogens with one attached hydrogen (secondary N) is 1. The zero-order valence-corrected chi connectivity index (χ0v) is 16.9. The number of rotatable bonds is 8. The molecule has 0 fully saturated rings. The van der Waals surface area contributed by atoms with Crippen molar-refractivity contribution < 1.29 is 9.53 Å². The predicted octanol–water partition coefficient (Wildman–Crippen LogP) is 3.59. The number of aromatic nitrogens is 3. The third kappa shape index (κ3) is 4.94. The average Bonchev–Trinajstić information content (AvgIpc) is 3.06. The molecular formula is C21H24N4O2S. The summed E-state index contributed by atoms with van der Waals surface area (Å²) in [5, 5.41) is 7.15. The first kappa shape index (κ1) is 20.0. The van der Waals surface area contributed by atoms with E-state index >= 15 is 0 Å². The van der Waals surface area contributed by atoms with Crippen LogP contribution in [0, 0.1) is 11.7 Å². The molecule has 1 aromatic heterocycles. The molecule has 0 spiro atoms. The number of methoxy groups -OCH3 is 1. The molecule has 0 radical (unpaired) electrons. The van der Waals surface area contributed by atoms with Crippen molar-refractivity contribution in [2.45, 2.75) is 20.0 Å². The molecule has 3 aromatic rings. The summed E-state index contributed by atoms with van der Waals surface area (Å²) in [5.41, 5.74) is 3.11. The Morgan fingerprint density at radius 1 is 1.21 bits per heavy atom. The highest BCUT2D eigenvalue weighted by molar-refractivity contribution is 7.71. The normalized spacial score (nSPS) is 10.8. The molecule has 6 nitrogen and oxygen atoms in total. The number of nitrogens with zero attached hydrogens (tertiary/aromatic N) is 3. The Kier molecular flexibility index (Phi) is 6.73. The smallest absolute Gasteiger partial charge is 0.243 e. The number of H-pyrrole nitrogens is 1. The van der Waals surface area contributed by atoms with Gasteiger partial charge in [-0.15, -0.1) is 0 Å². The first-order chi connectivity index (χ1) is 13.6. The maximum absolute atomic E-state index is 13.1. The zero-order chi connectivity index (χ0) is 19.9. The average molecular weight is 397 g/mol. The van der Waals surface area contributed by atoms with Crippen LogP contribution in [0.4, 0.5) is 0 Å². The molecule has 0 aliphatic carbocycles. The van der Waals surface area contributed by atoms with Gasteiger partial charge in [-0.3, -0.25) is 14.5 Å². The van der Waals surface area contributed by atoms with E-state index < -0.39 is 0 Å². The van der Waals surface area contributed by atoms with Gasteiger partial charge in [0.2, 0.25) is 5.91 Å². The monoisotopic (exact) mass is 396 g/mol. The number of carbonyl (C=O) groups is 1. The number of hydrogen-bond donors (Lipinski definition) is 1. The minimum Gasteiger partial charge on any atom is -0.383 e. The Morgan fingerprint density at radius 3 is 2.71 bits per heavy atom. The molecule has 1 N–H and O–H groups in total. The van der Waals surface area contributed by atoms with Gasteiger partial charge < -0.3 is 9.64 Å². The second kappa shape index (κ2) is 9.43. The van der Waals surface area contributed by atoms with Crippen molar-refractivity contribution in [3.63, 3.8) is 0 Å². The van der Waals surface area contributed by atoms with Gasteiger partial charge in [-0.25, -0.2) is 0 Å². The lowest BCUT2D eigenvalue weighted by Crippen LogP contribution is -2.36. The Hall–Kier alpha value is -2.77. The van der Waals surface area contributed by atoms with Crippen LogP contribution in [0.5, 0.6) is 0 Å². The standard InChI is InChI=1S/C21H24N4O2S/c1-16-7-6-10-18(13-16)20-22-23-21(28)25(20)15-19(26)24(11-12-27-2)14-17-8-4-3-5-9-17/h3-10,13H,11-12,14-15H2,1-2H3,(H,23,28). The summed E-state index contributed by atoms with van der Waals surface area (Å²) < 4.78 is 7.36. The van der Waals surface area contributed by atoms with Gasteiger partial charge in [0, 0.05) is 25.8 Å². The van der Waals surface area contributed by atoms with E-state index in [2.05, 4.69) is 10.2 Å². The van der Waals surface area contributed by atoms with Crippen molar-refractivity contribution in [3.05, 3.63) is 70.5 Å². The van der Waals surface area contributed by atoms with Gasteiger partial charge in [0.05, 0.1) is 6.61 Å². The Balaban J connectivity index is 1.83. The minimum absolute atomic E-state index is 0.0349. The van der Waals surface area contributed by atoms with Gasteiger partial charge in [-0.1, -0.05) is 54.1 Å². The molecule has 3 rings (SSSR count). The van der Waals surface area contributed by atoms with E-state index in [-0.39, 0.29) is 12.5 Å². The molecule has 0 saturated heterocycles. The van der Waals surface area contributed by atoms with E-state index in [0.29, 0.717) is 30.3 Å². The number of aromatic amines is 1. The molecule has 0 saturated carbocycles. The van der Waals surface area contributed by atoms with Crippen LogP contribution in [0.3, 0.4) is 0 Å². The van der Waals surface area contributed by atoms with Crippen LogP contribution in [0.2, 0.25) is 0 Å². The lowest BCUT2D eigenvalue weighted by Gasteiger charge is -2.23. The summed E-state index contributed by atoms with van der Waals surface area (Å²) in [7, 11) is 1.63. The fourth-order valence-electron chi connectivity index (χ4n) is 3.00. The van der Waals surface area contributed by atoms with Gasteiger partial charge in [-0.2, -0.15) is 5.10 Å². The van der Waals surface area contributed by atoms with Crippen LogP contribution in [0.15, 0.2) is 54.6 Å². The maximum atomic E-state index is 13.1. The highest BCUT2D eigenvalue weighted by Crippen LogP contribution is 2.19. The van der Waals surface area contributed by atoms with Gasteiger partial charge >= 0.3 is 0 Å². The summed E-state index contributed by atoms with van der Waals surface area (Å²) in [6.45, 7) is 3.64. The van der Waals surface area contributed by atoms with Crippen molar-refractivity contribution in [1.82, 2.24) is 19.7 Å². The Labute approximate surface area is 169 Å². The SMILES string of the molecule is COCCN(Cc1ccccc1)C(=O)Cn1c(-c2cccc(C)c2)n[nH]c1=S. The molecule has 7 heteroatoms. The van der Waals surface area contributed by atoms with Crippen LogP contribution in [0.1, 0.15) is 11.1 Å². The van der Waals surface area contributed by atoms with Crippen molar-refractivity contribution in [2.75, 3.05) is 20.3 Å². The highest BCUT2D eigenvalue weighted by atomic mass is 32.1. The number of carbonyl (C=O) groups excluding carboxylic acids is 1. The number of aryl methyl sites for hydroxylation is 1. The molecule has 0 atom stereocenters. The summed E-state index contributed by atoms with van der Waals surface area (Å²) >= 11 is 5.38. The van der Waals surface area contributed by atoms with Crippen LogP contribution < -0.4 is 0 Å². The molecule has 0 bridgehead atoms. The molecule has 28 heavy (non-hydrogen) atoms. The molecular weight excluding hydrogens is 372 g/mol. The van der Waals surface area contributed by atoms with Crippen LogP contribution >= 0.6 is 12.2 Å². The Morgan fingerprint density at radius 2 is 2.00 bits per heavy atom. The lowest BCUT2D eigenvalue weighted by atomic mass is 10.1. The second-order valence-corrected chi connectivity index (χ2v) is 6.99. The molecule has 0 aliphatic heterocycles. The third-order valence-electron chi connectivity index (χ3n) is 4.46. The van der Waals surface area contributed by atoms with E-state index in [1.54, 1.807) is 16.6 Å². The van der Waals surface area contributed by atoms with E-state index in [0.717, 1.165) is 16.7 Å². The number of benzene rings is 2. The van der Waals surface area contributed by atoms with Gasteiger partial charge in [0.1, 0.15) is 6.54 Å². The maximum Gasteiger partial charge on any atom is 0.243 e. The molecule has 2 aromatic carbocycles. The van der Waals surface area contributed by atoms with E-state index in [4.69, 9.17) is 17.0 Å². The predicted molar refractivity (Wildman–Crippen MR) is 111 cm³/mol. The minimum atomic E-state index is -0.0349. The molecule has 1 heterocycles. The van der Waals surface area contributed by atoms with E-state index in [9.17, 15) is 4.79 Å². The molecule has 146 valence electrons. The van der Waals surface area contributed by atoms with E-state index in [1.165, 1.54) is 0 Å². The molecule has 0 aliphatic rings. The van der Waals surface area contributed by atoms with E-state index in [1.807, 2.05) is 61.5 Å². The summed E-state index contributed by atoms with van der Waals surface area (Å²) in [6, 6.07) is 17.9. The fraction of sp³-hybridized carbons (Fsp3) is 0.286. The second-order valence-electron chi connectivity index (χ2n) is 6.60. The summed E-state index contributed by atoms with van der Waals surface area (Å²) in [4.78, 5) is 14.9. The summed E-state index contributed by atoms with van der Waals surface area (Å²) in [6.07, 6.45) is 0. The van der Waals surface area contributed by atoms with Crippen LogP contribution in [-0.4, -0.2) is 45.8 Å². The van der Waals surface area contributed by atoms with Gasteiger partial charge in [0.25, 0.3) is 0 Å². The number of ether oxygens (including phenoxy) is 1.